The van der Waals surface area contributed by atoms with Crippen molar-refractivity contribution in [1.82, 2.24) is 44.8 Å². The van der Waals surface area contributed by atoms with Crippen LogP contribution in [0.4, 0.5) is 45.1 Å². The van der Waals surface area contributed by atoms with Gasteiger partial charge in [0, 0.05) is 119 Å². The Morgan fingerprint density at radius 1 is 0.636 bits per heavy atom. The van der Waals surface area contributed by atoms with Crippen LogP contribution >= 0.6 is 51.5 Å². The normalized spacial score (nSPS) is 16.1. The second kappa shape index (κ2) is 31.7. The van der Waals surface area contributed by atoms with Crippen molar-refractivity contribution in [3.8, 4) is 22.3 Å². The second-order valence-corrected chi connectivity index (χ2v) is 30.5. The quantitative estimate of drug-likeness (QED) is 0.0235. The Hall–Kier alpha value is -9.32. The van der Waals surface area contributed by atoms with Crippen molar-refractivity contribution >= 4 is 141 Å². The number of benzene rings is 6. The summed E-state index contributed by atoms with van der Waals surface area (Å²) in [6.45, 7) is 2.35. The van der Waals surface area contributed by atoms with E-state index in [1.807, 2.05) is 0 Å². The minimum atomic E-state index is -4.43. The molecule has 6 aromatic carbocycles. The van der Waals surface area contributed by atoms with Crippen molar-refractivity contribution in [2.24, 2.45) is 0 Å². The first kappa shape index (κ1) is 72.4. The first-order valence-corrected chi connectivity index (χ1v) is 36.1. The van der Waals surface area contributed by atoms with Crippen molar-refractivity contribution in [2.75, 3.05) is 34.4 Å². The van der Waals surface area contributed by atoms with Gasteiger partial charge in [-0.25, -0.2) is 35.5 Å². The van der Waals surface area contributed by atoms with Crippen molar-refractivity contribution in [2.45, 2.75) is 82.7 Å². The average Bonchev–Trinajstić information content (AvgIpc) is 1.65. The van der Waals surface area contributed by atoms with Gasteiger partial charge >= 0.3 is 6.03 Å². The molecule has 4 aromatic heterocycles. The molecule has 12 rings (SSSR count). The van der Waals surface area contributed by atoms with Gasteiger partial charge in [0.15, 0.2) is 29.1 Å². The molecule has 516 valence electrons. The number of aromatic nitrogens is 6. The van der Waals surface area contributed by atoms with Gasteiger partial charge in [0.2, 0.25) is 27.7 Å². The molecule has 34 heteroatoms. The van der Waals surface area contributed by atoms with Gasteiger partial charge in [-0.3, -0.25) is 33.2 Å². The number of Topliss-reactive ketones (excluding diaryl/α,β-unsaturated/α-hetero) is 2. The molecule has 0 saturated carbocycles. The predicted molar refractivity (Wildman–Crippen MR) is 366 cm³/mol. The average molecular weight is 1480 g/mol. The highest BCUT2D eigenvalue weighted by Crippen LogP contribution is 2.58. The molecule has 6 heterocycles. The van der Waals surface area contributed by atoms with Gasteiger partial charge in [0.1, 0.15) is 54.3 Å². The molecule has 0 radical (unpaired) electrons. The topological polar surface area (TPSA) is 317 Å². The number of rotatable bonds is 20. The summed E-state index contributed by atoms with van der Waals surface area (Å²) in [6, 6.07) is 32.5. The molecule has 6 N–H and O–H groups in total. The van der Waals surface area contributed by atoms with E-state index >= 15 is 4.39 Å². The molecule has 2 aliphatic rings. The molecule has 0 aliphatic carbocycles. The third-order valence-corrected chi connectivity index (χ3v) is 19.0. The van der Waals surface area contributed by atoms with Gasteiger partial charge < -0.3 is 40.9 Å². The fourth-order valence-electron chi connectivity index (χ4n) is 10.8. The number of halogens is 8. The number of alkyl halides is 2. The van der Waals surface area contributed by atoms with E-state index in [9.17, 15) is 54.9 Å². The number of ketones is 2. The van der Waals surface area contributed by atoms with E-state index in [0.717, 1.165) is 8.99 Å². The third kappa shape index (κ3) is 18.1. The number of hydrogen-bond donors (Lipinski definition) is 6. The van der Waals surface area contributed by atoms with E-state index < -0.39 is 94.4 Å². The number of amides is 5. The number of nitrogens with one attached hydrogen (secondary N) is 6. The number of anilines is 4. The Bertz CT molecular complexity index is 4850. The standard InChI is InChI=1S/C33H29ClF2N6O6S.C17H15ClF2N2O.C15H14Cl2N5O4P/c1-19(43)32-25-16-22(37-30(44)12-10-21-13-14-48-40-21)9-11-28(25)41(39-32)18-49(46,47)42-17-20(35)15-29(42)33(45)38-27-8-4-6-24(31(27)36)23-5-2-3-7-26(23)34;18-13-6-2-1-4-11(13)12-5-3-7-14(16(12)20)22-17(23)15-8-10(19)9-21-15;1-9(23)14-12-6-10(19-15(24)18-7-11-4-5-26-21-11)2-3-13(12)22(20-14)8-27(16,17)25/h2-9,11,13-14,16,20,29H,10,12,15,17-18H2,1H3,(H,37,44)(H,38,45);1-7,10,15,21H,8-9H2,(H,22,23);2-6H,7-8H2,1H3,(H2,18,19,24)/t20-,29+;10-,15+;/m11./s1. The monoisotopic (exact) mass is 1480 g/mol. The Morgan fingerprint density at radius 3 is 1.69 bits per heavy atom. The molecular weight excluding hydrogens is 1420 g/mol. The molecule has 24 nitrogen and oxygen atoms in total. The van der Waals surface area contributed by atoms with Gasteiger partial charge in [-0.05, 0) is 83.1 Å². The minimum Gasteiger partial charge on any atom is -0.365 e. The number of hydrogen-bond acceptors (Lipinski definition) is 16. The molecule has 2 fully saturated rings. The highest BCUT2D eigenvalue weighted by Gasteiger charge is 2.44. The van der Waals surface area contributed by atoms with E-state index in [-0.39, 0.29) is 88.2 Å². The summed E-state index contributed by atoms with van der Waals surface area (Å²) in [5, 5.41) is 33.0. The van der Waals surface area contributed by atoms with Gasteiger partial charge in [-0.1, -0.05) is 94.2 Å². The summed E-state index contributed by atoms with van der Waals surface area (Å²) in [7, 11) is -4.43. The molecule has 10 aromatic rings. The van der Waals surface area contributed by atoms with Crippen molar-refractivity contribution < 1.29 is 68.4 Å². The Morgan fingerprint density at radius 2 is 1.16 bits per heavy atom. The van der Waals surface area contributed by atoms with Crippen LogP contribution in [0.2, 0.25) is 10.0 Å². The molecule has 2 saturated heterocycles. The van der Waals surface area contributed by atoms with E-state index in [1.165, 1.54) is 73.5 Å². The zero-order valence-electron chi connectivity index (χ0n) is 52.0. The number of carbonyl (C=O) groups is 6. The van der Waals surface area contributed by atoms with Crippen LogP contribution < -0.4 is 31.9 Å². The molecule has 2 aliphatic heterocycles. The maximum atomic E-state index is 15.5. The van der Waals surface area contributed by atoms with Crippen LogP contribution in [0.5, 0.6) is 0 Å². The largest absolute Gasteiger partial charge is 0.365 e. The molecule has 0 spiro atoms. The molecule has 4 atom stereocenters. The lowest BCUT2D eigenvalue weighted by molar-refractivity contribution is -0.119. The van der Waals surface area contributed by atoms with Crippen molar-refractivity contribution in [1.29, 1.82) is 0 Å². The SMILES string of the molecule is CC(=O)c1nn(CP(=O)(Cl)Cl)c2ccc(NC(=O)NCc3ccon3)cc12.CC(=O)c1nn(CS(=O)(=O)N2C[C@H](F)C[C@H]2C(=O)Nc2cccc(-c3ccccc3Cl)c2F)c2ccc(NC(=O)CCc3ccon3)cc12.O=C(Nc1cccc(-c2ccccc2Cl)c1F)[C@@H]1C[C@@H](F)CN1. The minimum absolute atomic E-state index is 0.0446. The fraction of sp³-hybridized carbons (Fsp3) is 0.231. The van der Waals surface area contributed by atoms with Crippen LogP contribution in [-0.2, 0) is 54.1 Å². The number of carbonyl (C=O) groups excluding carboxylic acids is 6. The molecule has 0 bridgehead atoms. The third-order valence-electron chi connectivity index (χ3n) is 15.4. The lowest BCUT2D eigenvalue weighted by Crippen LogP contribution is -2.44. The van der Waals surface area contributed by atoms with E-state index in [4.69, 9.17) is 50.2 Å². The van der Waals surface area contributed by atoms with E-state index in [1.54, 1.807) is 91.0 Å². The maximum absolute atomic E-state index is 15.5. The smallest absolute Gasteiger partial charge is 0.319 e. The first-order valence-electron chi connectivity index (χ1n) is 30.0. The number of nitrogens with zero attached hydrogens (tertiary/aromatic N) is 7. The van der Waals surface area contributed by atoms with Gasteiger partial charge in [-0.15, -0.1) is 0 Å². The summed E-state index contributed by atoms with van der Waals surface area (Å²) < 4.78 is 110. The van der Waals surface area contributed by atoms with Crippen molar-refractivity contribution in [3.63, 3.8) is 0 Å². The lowest BCUT2D eigenvalue weighted by atomic mass is 10.0. The van der Waals surface area contributed by atoms with Crippen LogP contribution in [0.25, 0.3) is 44.1 Å². The highest BCUT2D eigenvalue weighted by molar-refractivity contribution is 8.07. The Balaban J connectivity index is 0.000000178. The van der Waals surface area contributed by atoms with Crippen molar-refractivity contribution in [3.05, 3.63) is 190 Å². The number of fused-ring (bicyclic) bond motifs is 2. The van der Waals surface area contributed by atoms with Crippen LogP contribution in [0, 0.1) is 11.6 Å². The highest BCUT2D eigenvalue weighted by atomic mass is 35.9. The summed E-state index contributed by atoms with van der Waals surface area (Å²) in [5.74, 6) is -8.05. The summed E-state index contributed by atoms with van der Waals surface area (Å²) in [5.41, 5.74) is 4.06. The lowest BCUT2D eigenvalue weighted by Gasteiger charge is -2.23. The zero-order chi connectivity index (χ0) is 70.9. The van der Waals surface area contributed by atoms with Gasteiger partial charge in [0.05, 0.1) is 40.7 Å². The molecular formula is C65H58Cl4F4N13O11PS. The number of sulfonamides is 1. The van der Waals surface area contributed by atoms with E-state index in [0.29, 0.717) is 61.8 Å². The predicted octanol–water partition coefficient (Wildman–Crippen LogP) is 13.6. The zero-order valence-corrected chi connectivity index (χ0v) is 56.8. The van der Waals surface area contributed by atoms with E-state index in [2.05, 4.69) is 56.9 Å². The first-order chi connectivity index (χ1) is 47.2. The molecule has 99 heavy (non-hydrogen) atoms. The number of aryl methyl sites for hydroxylation is 1. The number of urea groups is 1. The Labute approximate surface area is 581 Å². The van der Waals surface area contributed by atoms with Crippen LogP contribution in [0.1, 0.15) is 65.5 Å². The Kier molecular flexibility index (Phi) is 23.2. The maximum Gasteiger partial charge on any atom is 0.319 e. The van der Waals surface area contributed by atoms with Gasteiger partial charge in [-0.2, -0.15) is 14.5 Å². The molecule has 0 unspecified atom stereocenters. The summed E-state index contributed by atoms with van der Waals surface area (Å²) >= 11 is 23.6. The van der Waals surface area contributed by atoms with Crippen LogP contribution in [0.15, 0.2) is 155 Å². The van der Waals surface area contributed by atoms with Crippen LogP contribution in [-0.4, -0.2) is 115 Å². The fourth-order valence-corrected chi connectivity index (χ4v) is 14.0. The summed E-state index contributed by atoms with van der Waals surface area (Å²) in [4.78, 5) is 74.4. The molecule has 5 amide bonds. The second-order valence-electron chi connectivity index (χ2n) is 22.5. The van der Waals surface area contributed by atoms with Crippen LogP contribution in [0.3, 0.4) is 0 Å². The van der Waals surface area contributed by atoms with Gasteiger partial charge in [0.25, 0.3) is 5.85 Å². The summed E-state index contributed by atoms with van der Waals surface area (Å²) in [6.07, 6.45) is -0.0322.